The van der Waals surface area contributed by atoms with E-state index in [0.717, 1.165) is 134 Å². The van der Waals surface area contributed by atoms with Crippen LogP contribution in [0.4, 0.5) is 14.4 Å². The van der Waals surface area contributed by atoms with Gasteiger partial charge in [0.15, 0.2) is 0 Å². The highest BCUT2D eigenvalue weighted by Crippen LogP contribution is 2.56. The Labute approximate surface area is 873 Å². The number of ether oxygens (including phenoxy) is 12. The van der Waals surface area contributed by atoms with Crippen LogP contribution in [0, 0.1) is 49.4 Å². The van der Waals surface area contributed by atoms with E-state index >= 15 is 0 Å². The number of rotatable bonds is 27. The van der Waals surface area contributed by atoms with Gasteiger partial charge in [-0.15, -0.1) is 0 Å². The van der Waals surface area contributed by atoms with Gasteiger partial charge in [-0.05, 0) is 365 Å². The van der Waals surface area contributed by atoms with E-state index in [2.05, 4.69) is 223 Å². The van der Waals surface area contributed by atoms with Gasteiger partial charge in [0.1, 0.15) is 69.0 Å². The van der Waals surface area contributed by atoms with Gasteiger partial charge in [-0.1, -0.05) is 262 Å². The molecule has 0 aliphatic heterocycles. The number of aryl methyl sites for hydroxylation is 2. The van der Waals surface area contributed by atoms with Crippen molar-refractivity contribution in [3.05, 3.63) is 357 Å². The number of hydrogen-bond acceptors (Lipinski definition) is 18. The summed E-state index contributed by atoms with van der Waals surface area (Å²) in [6.45, 7) is 37.6. The van der Waals surface area contributed by atoms with Gasteiger partial charge in [0.25, 0.3) is 0 Å². The van der Waals surface area contributed by atoms with Crippen LogP contribution in [0.15, 0.2) is 279 Å². The third-order valence-electron chi connectivity index (χ3n) is 31.9. The Balaban J connectivity index is 0.000000196. The molecule has 4 aliphatic carbocycles. The van der Waals surface area contributed by atoms with Crippen molar-refractivity contribution in [3.63, 3.8) is 0 Å². The molecule has 9 atom stereocenters. The van der Waals surface area contributed by atoms with E-state index < -0.39 is 18.5 Å². The molecule has 4 fully saturated rings. The second-order valence-corrected chi connectivity index (χ2v) is 43.4. The average Bonchev–Trinajstić information content (AvgIpc) is 0.769. The molecule has 9 unspecified atom stereocenters. The minimum atomic E-state index is -0.782. The molecule has 18 heteroatoms. The Morgan fingerprint density at radius 1 is 0.286 bits per heavy atom. The molecule has 0 aromatic heterocycles. The largest absolute Gasteiger partial charge is 0.519 e. The molecule has 0 saturated heterocycles. The summed E-state index contributed by atoms with van der Waals surface area (Å²) in [7, 11) is 5.10. The molecule has 12 aromatic rings. The van der Waals surface area contributed by atoms with Crippen molar-refractivity contribution in [1.82, 2.24) is 0 Å². The Morgan fingerprint density at radius 3 is 0.782 bits per heavy atom. The molecule has 0 heterocycles. The third-order valence-corrected chi connectivity index (χ3v) is 31.9. The Morgan fingerprint density at radius 2 is 0.517 bits per heavy atom. The van der Waals surface area contributed by atoms with Crippen LogP contribution in [0.1, 0.15) is 305 Å². The number of methoxy groups -OCH3 is 3. The summed E-state index contributed by atoms with van der Waals surface area (Å²) < 4.78 is 65.5. The van der Waals surface area contributed by atoms with Crippen LogP contribution in [0.5, 0.6) is 69.0 Å². The Kier molecular flexibility index (Phi) is 36.3. The summed E-state index contributed by atoms with van der Waals surface area (Å²) >= 11 is 0. The lowest BCUT2D eigenvalue weighted by atomic mass is 9.59. The van der Waals surface area contributed by atoms with Gasteiger partial charge in [0.05, 0.1) is 21.3 Å². The van der Waals surface area contributed by atoms with E-state index in [1.165, 1.54) is 71.7 Å². The van der Waals surface area contributed by atoms with Crippen molar-refractivity contribution in [3.8, 4) is 69.0 Å². The number of benzene rings is 12. The van der Waals surface area contributed by atoms with Gasteiger partial charge in [-0.2, -0.15) is 0 Å². The van der Waals surface area contributed by atoms with Gasteiger partial charge in [-0.3, -0.25) is 14.4 Å². The molecule has 0 radical (unpaired) electrons. The summed E-state index contributed by atoms with van der Waals surface area (Å²) in [6.07, 6.45) is 13.3. The lowest BCUT2D eigenvalue weighted by Crippen LogP contribution is -2.35. The SMILES string of the molecule is C.COc1ccc(C2(C)CCC(C(C)C)C(c3ccc(OC(=O)Oc4ccc(C(C)(C)c5ccc(OC(C)=O)c(C)c5)cc4C)cc3)C2)cc1.COc1ccc(C2(C)CCC(C(C)C)C(c3ccc(OC(=O)Oc4ccc(C(C)(C)c5ccc(OC(C)=O)cc5)cc4)cc3)C2)cc1.COc1ccc(C2(C)CCC(C(C)C)C(c3ccc(OC(=O)Oc4ccc(C5(c6ccc(OC(C)=O)cc6)CCCCC5)cc4)cc3)C2)cc1.[HH]. The van der Waals surface area contributed by atoms with Crippen molar-refractivity contribution in [2.75, 3.05) is 21.3 Å². The average molecular weight is 1990 g/mol. The first-order chi connectivity index (χ1) is 69.6. The molecule has 0 spiro atoms. The first-order valence-corrected chi connectivity index (χ1v) is 51.8. The molecule has 16 rings (SSSR count). The predicted octanol–water partition coefficient (Wildman–Crippen LogP) is 32.5. The minimum Gasteiger partial charge on any atom is -0.497 e. The van der Waals surface area contributed by atoms with E-state index in [0.29, 0.717) is 105 Å². The smallest absolute Gasteiger partial charge is 0.497 e. The monoisotopic (exact) mass is 1990 g/mol. The van der Waals surface area contributed by atoms with Crippen molar-refractivity contribution >= 4 is 36.4 Å². The Bertz CT molecular complexity index is 6430. The van der Waals surface area contributed by atoms with Crippen molar-refractivity contribution in [1.29, 1.82) is 0 Å². The van der Waals surface area contributed by atoms with Crippen molar-refractivity contribution in [2.24, 2.45) is 35.5 Å². The summed E-state index contributed by atoms with van der Waals surface area (Å²) in [5, 5.41) is 0. The lowest BCUT2D eigenvalue weighted by molar-refractivity contribution is -0.132. The lowest BCUT2D eigenvalue weighted by Gasteiger charge is -2.45. The minimum absolute atomic E-state index is 0. The molecule has 18 nitrogen and oxygen atoms in total. The zero-order chi connectivity index (χ0) is 105. The second kappa shape index (κ2) is 48.3. The van der Waals surface area contributed by atoms with E-state index in [9.17, 15) is 28.8 Å². The van der Waals surface area contributed by atoms with E-state index in [-0.39, 0.29) is 59.3 Å². The first-order valence-electron chi connectivity index (χ1n) is 51.8. The van der Waals surface area contributed by atoms with Crippen molar-refractivity contribution < 1.29 is 87.0 Å². The van der Waals surface area contributed by atoms with Gasteiger partial charge in [0, 0.05) is 38.4 Å². The van der Waals surface area contributed by atoms with Crippen LogP contribution in [0.25, 0.3) is 0 Å². The molecular weight excluding hydrogens is 1840 g/mol. The zero-order valence-corrected chi connectivity index (χ0v) is 89.0. The molecule has 147 heavy (non-hydrogen) atoms. The molecule has 0 bridgehead atoms. The van der Waals surface area contributed by atoms with Gasteiger partial charge in [0.2, 0.25) is 0 Å². The third kappa shape index (κ3) is 27.2. The van der Waals surface area contributed by atoms with Gasteiger partial charge >= 0.3 is 36.4 Å². The molecule has 0 amide bonds. The van der Waals surface area contributed by atoms with E-state index in [4.69, 9.17) is 56.8 Å². The molecule has 4 saturated carbocycles. The normalized spacial score (nSPS) is 20.1. The maximum atomic E-state index is 12.9. The summed E-state index contributed by atoms with van der Waals surface area (Å²) in [5.41, 5.74) is 15.6. The van der Waals surface area contributed by atoms with Gasteiger partial charge in [-0.25, -0.2) is 14.4 Å². The fourth-order valence-electron chi connectivity index (χ4n) is 23.1. The van der Waals surface area contributed by atoms with Crippen LogP contribution < -0.4 is 56.8 Å². The summed E-state index contributed by atoms with van der Waals surface area (Å²) in [4.78, 5) is 72.6. The zero-order valence-electron chi connectivity index (χ0n) is 89.0. The molecule has 0 N–H and O–H groups in total. The molecule has 776 valence electrons. The van der Waals surface area contributed by atoms with Gasteiger partial charge < -0.3 is 56.8 Å². The van der Waals surface area contributed by atoms with E-state index in [1.54, 1.807) is 45.6 Å². The topological polar surface area (TPSA) is 213 Å². The molecule has 4 aliphatic rings. The highest BCUT2D eigenvalue weighted by molar-refractivity contribution is 5.72. The van der Waals surface area contributed by atoms with Crippen LogP contribution in [-0.2, 0) is 46.9 Å². The highest BCUT2D eigenvalue weighted by Gasteiger charge is 2.45. The fourth-order valence-corrected chi connectivity index (χ4v) is 23.1. The van der Waals surface area contributed by atoms with Crippen LogP contribution in [-0.4, -0.2) is 57.7 Å². The van der Waals surface area contributed by atoms with Crippen LogP contribution in [0.3, 0.4) is 0 Å². The number of carbonyl (C=O) groups is 6. The van der Waals surface area contributed by atoms with Crippen LogP contribution >= 0.6 is 0 Å². The quantitative estimate of drug-likeness (QED) is 0.0266. The number of hydrogen-bond donors (Lipinski definition) is 0. The summed E-state index contributed by atoms with van der Waals surface area (Å²) in [6, 6.07) is 91.6. The standard InChI is InChI=1S/C44H50O6.C43H50O6.C41H46O6.CH4.H2/c1-30(2)40-25-28-43(4,33-11-19-36(47-5)20-12-33)29-41(40)32-9-17-38(18-10-32)49-42(46)50-39-23-15-35(16-24-39)44(26-7-6-8-27-44)34-13-21-37(22-14-34)48-31(3)45;1-27(2)37-22-23-43(8,32-12-18-35(46-9)19-13-32)26-38(37)31-10-16-36(17-11-31)48-41(45)49-40-21-15-34(25-29(40)4)42(6,7)33-14-20-39(28(3)24-33)47-30(5)44;1-27(2)37-24-25-41(6,32-14-18-33(44-7)19-15-32)26-38(37)29-8-16-35(17-9-29)46-39(43)47-36-22-12-31(13-23-36)40(4,5)30-10-20-34(21-11-30)45-28(3)42;;/h9-24,30,40-41H,6-8,25-29H2,1-5H3;10-21,24-25,27,37-38H,22-23,26H2,1-9H3;8-23,27,37-38H,24-26H2,1-7H3;1H4;1H. The second-order valence-electron chi connectivity index (χ2n) is 43.4. The number of esters is 3. The molecule has 12 aromatic carbocycles. The molecular formula is C129H152O18. The maximum Gasteiger partial charge on any atom is 0.519 e. The Hall–Kier alpha value is -13.7. The van der Waals surface area contributed by atoms with Crippen molar-refractivity contribution in [2.45, 2.75) is 272 Å². The maximum absolute atomic E-state index is 12.9. The predicted molar refractivity (Wildman–Crippen MR) is 584 cm³/mol. The van der Waals surface area contributed by atoms with E-state index in [1.807, 2.05) is 135 Å². The van der Waals surface area contributed by atoms with Crippen LogP contribution in [0.2, 0.25) is 0 Å². The highest BCUT2D eigenvalue weighted by atomic mass is 16.7. The summed E-state index contributed by atoms with van der Waals surface area (Å²) in [5.74, 6) is 10.5. The number of carbonyl (C=O) groups excluding carboxylic acids is 6. The fraction of sp³-hybridized carbons (Fsp3) is 0.395. The first kappa shape index (κ1) is 110.